The fraction of sp³-hybridized carbons (Fsp3) is 0.571. The van der Waals surface area contributed by atoms with Gasteiger partial charge in [-0.15, -0.1) is 0 Å². The number of rotatable bonds is 5. The zero-order chi connectivity index (χ0) is 12.3. The van der Waals surface area contributed by atoms with Crippen LogP contribution in [0.25, 0.3) is 0 Å². The molecule has 0 aliphatic heterocycles. The Kier molecular flexibility index (Phi) is 4.15. The standard InChI is InChI=1S/C14H21NO2/c1-10-3-4-11-5-6-14(13(11)7-10)15-8-12(16)9-17-2/h3-4,7,12,14-16H,5-6,8-9H2,1-2H3. The van der Waals surface area contributed by atoms with Crippen molar-refractivity contribution in [2.24, 2.45) is 0 Å². The Balaban J connectivity index is 1.95. The third-order valence-electron chi connectivity index (χ3n) is 3.34. The van der Waals surface area contributed by atoms with Crippen LogP contribution in [0.15, 0.2) is 18.2 Å². The minimum absolute atomic E-state index is 0.386. The van der Waals surface area contributed by atoms with Gasteiger partial charge in [0.1, 0.15) is 0 Å². The van der Waals surface area contributed by atoms with Gasteiger partial charge in [0, 0.05) is 19.7 Å². The monoisotopic (exact) mass is 235 g/mol. The van der Waals surface area contributed by atoms with Gasteiger partial charge in [0.2, 0.25) is 0 Å². The molecule has 0 bridgehead atoms. The van der Waals surface area contributed by atoms with Crippen molar-refractivity contribution < 1.29 is 9.84 Å². The van der Waals surface area contributed by atoms with Crippen LogP contribution in [-0.4, -0.2) is 31.5 Å². The zero-order valence-corrected chi connectivity index (χ0v) is 10.6. The topological polar surface area (TPSA) is 41.5 Å². The summed E-state index contributed by atoms with van der Waals surface area (Å²) in [5.74, 6) is 0. The highest BCUT2D eigenvalue weighted by atomic mass is 16.5. The van der Waals surface area contributed by atoms with Gasteiger partial charge >= 0.3 is 0 Å². The number of ether oxygens (including phenoxy) is 1. The molecule has 3 nitrogen and oxygen atoms in total. The first-order valence-corrected chi connectivity index (χ1v) is 6.20. The van der Waals surface area contributed by atoms with Gasteiger partial charge in [-0.25, -0.2) is 0 Å². The second-order valence-electron chi connectivity index (χ2n) is 4.81. The molecule has 17 heavy (non-hydrogen) atoms. The van der Waals surface area contributed by atoms with Gasteiger partial charge in [-0.3, -0.25) is 0 Å². The molecular weight excluding hydrogens is 214 g/mol. The minimum atomic E-state index is -0.422. The molecule has 2 atom stereocenters. The quantitative estimate of drug-likeness (QED) is 0.814. The summed E-state index contributed by atoms with van der Waals surface area (Å²) in [5, 5.41) is 13.0. The maximum atomic E-state index is 9.62. The minimum Gasteiger partial charge on any atom is -0.389 e. The molecule has 0 saturated carbocycles. The van der Waals surface area contributed by atoms with Gasteiger partial charge in [-0.1, -0.05) is 23.8 Å². The van der Waals surface area contributed by atoms with Crippen LogP contribution in [0.5, 0.6) is 0 Å². The number of benzene rings is 1. The van der Waals surface area contributed by atoms with Crippen LogP contribution in [0.1, 0.15) is 29.2 Å². The average Bonchev–Trinajstić information content (AvgIpc) is 2.69. The van der Waals surface area contributed by atoms with E-state index in [2.05, 4.69) is 30.4 Å². The van der Waals surface area contributed by atoms with Crippen molar-refractivity contribution in [2.45, 2.75) is 31.9 Å². The fourth-order valence-corrected chi connectivity index (χ4v) is 2.46. The second-order valence-corrected chi connectivity index (χ2v) is 4.81. The van der Waals surface area contributed by atoms with Crippen molar-refractivity contribution in [3.63, 3.8) is 0 Å². The number of hydrogen-bond donors (Lipinski definition) is 2. The predicted octanol–water partition coefficient (Wildman–Crippen LogP) is 1.58. The molecule has 0 radical (unpaired) electrons. The average molecular weight is 235 g/mol. The molecule has 0 saturated heterocycles. The fourth-order valence-electron chi connectivity index (χ4n) is 2.46. The van der Waals surface area contributed by atoms with E-state index in [1.165, 1.54) is 16.7 Å². The highest BCUT2D eigenvalue weighted by Gasteiger charge is 2.22. The van der Waals surface area contributed by atoms with Crippen LogP contribution in [0, 0.1) is 6.92 Å². The molecule has 2 N–H and O–H groups in total. The van der Waals surface area contributed by atoms with Crippen molar-refractivity contribution >= 4 is 0 Å². The highest BCUT2D eigenvalue weighted by molar-refractivity contribution is 5.37. The van der Waals surface area contributed by atoms with E-state index in [0.29, 0.717) is 19.2 Å². The number of nitrogens with one attached hydrogen (secondary N) is 1. The van der Waals surface area contributed by atoms with E-state index >= 15 is 0 Å². The summed E-state index contributed by atoms with van der Waals surface area (Å²) in [6, 6.07) is 7.03. The largest absolute Gasteiger partial charge is 0.389 e. The third-order valence-corrected chi connectivity index (χ3v) is 3.34. The summed E-state index contributed by atoms with van der Waals surface area (Å²) < 4.78 is 4.92. The molecule has 0 heterocycles. The summed E-state index contributed by atoms with van der Waals surface area (Å²) in [7, 11) is 1.61. The van der Waals surface area contributed by atoms with Crippen LogP contribution in [0.4, 0.5) is 0 Å². The number of methoxy groups -OCH3 is 1. The van der Waals surface area contributed by atoms with Crippen molar-refractivity contribution in [3.05, 3.63) is 34.9 Å². The normalized spacial score (nSPS) is 20.3. The molecule has 94 valence electrons. The first-order chi connectivity index (χ1) is 8.20. The van der Waals surface area contributed by atoms with Crippen LogP contribution in [-0.2, 0) is 11.2 Å². The van der Waals surface area contributed by atoms with Crippen LogP contribution < -0.4 is 5.32 Å². The number of aliphatic hydroxyl groups excluding tert-OH is 1. The third kappa shape index (κ3) is 3.06. The maximum absolute atomic E-state index is 9.62. The van der Waals surface area contributed by atoms with Gasteiger partial charge in [0.25, 0.3) is 0 Å². The van der Waals surface area contributed by atoms with Gasteiger partial charge in [-0.2, -0.15) is 0 Å². The number of fused-ring (bicyclic) bond motifs is 1. The first-order valence-electron chi connectivity index (χ1n) is 6.20. The van der Waals surface area contributed by atoms with E-state index in [-0.39, 0.29) is 0 Å². The Hall–Kier alpha value is -0.900. The van der Waals surface area contributed by atoms with Crippen molar-refractivity contribution in [3.8, 4) is 0 Å². The van der Waals surface area contributed by atoms with Crippen molar-refractivity contribution in [1.82, 2.24) is 5.32 Å². The molecule has 2 rings (SSSR count). The molecule has 0 amide bonds. The second kappa shape index (κ2) is 5.63. The molecular formula is C14H21NO2. The summed E-state index contributed by atoms with van der Waals surface area (Å²) in [4.78, 5) is 0. The Bertz CT molecular complexity index is 378. The van der Waals surface area contributed by atoms with Crippen LogP contribution >= 0.6 is 0 Å². The Morgan fingerprint density at radius 3 is 3.12 bits per heavy atom. The van der Waals surface area contributed by atoms with E-state index in [9.17, 15) is 5.11 Å². The zero-order valence-electron chi connectivity index (χ0n) is 10.6. The predicted molar refractivity (Wildman–Crippen MR) is 68.1 cm³/mol. The Morgan fingerprint density at radius 1 is 1.53 bits per heavy atom. The molecule has 0 aromatic heterocycles. The van der Waals surface area contributed by atoms with Gasteiger partial charge in [-0.05, 0) is 30.9 Å². The lowest BCUT2D eigenvalue weighted by molar-refractivity contribution is 0.0627. The maximum Gasteiger partial charge on any atom is 0.0897 e. The summed E-state index contributed by atoms with van der Waals surface area (Å²) >= 11 is 0. The SMILES string of the molecule is COCC(O)CNC1CCc2ccc(C)cc21. The lowest BCUT2D eigenvalue weighted by atomic mass is 10.0. The van der Waals surface area contributed by atoms with Crippen LogP contribution in [0.2, 0.25) is 0 Å². The Labute approximate surface area is 103 Å². The highest BCUT2D eigenvalue weighted by Crippen LogP contribution is 2.31. The van der Waals surface area contributed by atoms with E-state index < -0.39 is 6.10 Å². The van der Waals surface area contributed by atoms with Gasteiger partial charge in [0.15, 0.2) is 0 Å². The number of aryl methyl sites for hydroxylation is 2. The van der Waals surface area contributed by atoms with E-state index in [1.807, 2.05) is 0 Å². The summed E-state index contributed by atoms with van der Waals surface area (Å²) in [6.07, 6.45) is 1.83. The van der Waals surface area contributed by atoms with Crippen molar-refractivity contribution in [1.29, 1.82) is 0 Å². The molecule has 3 heteroatoms. The number of hydrogen-bond acceptors (Lipinski definition) is 3. The molecule has 1 aromatic rings. The molecule has 0 fully saturated rings. The lowest BCUT2D eigenvalue weighted by Gasteiger charge is -2.17. The number of aliphatic hydroxyl groups is 1. The molecule has 1 aromatic carbocycles. The van der Waals surface area contributed by atoms with E-state index in [1.54, 1.807) is 7.11 Å². The van der Waals surface area contributed by atoms with E-state index in [0.717, 1.165) is 12.8 Å². The Morgan fingerprint density at radius 2 is 2.35 bits per heavy atom. The summed E-state index contributed by atoms with van der Waals surface area (Å²) in [6.45, 7) is 3.10. The molecule has 0 spiro atoms. The molecule has 1 aliphatic rings. The van der Waals surface area contributed by atoms with Gasteiger partial charge < -0.3 is 15.2 Å². The van der Waals surface area contributed by atoms with Gasteiger partial charge in [0.05, 0.1) is 12.7 Å². The molecule has 1 aliphatic carbocycles. The molecule has 2 unspecified atom stereocenters. The summed E-state index contributed by atoms with van der Waals surface area (Å²) in [5.41, 5.74) is 4.14. The van der Waals surface area contributed by atoms with Crippen LogP contribution in [0.3, 0.4) is 0 Å². The first kappa shape index (κ1) is 12.6. The smallest absolute Gasteiger partial charge is 0.0897 e. The van der Waals surface area contributed by atoms with Crippen molar-refractivity contribution in [2.75, 3.05) is 20.3 Å². The lowest BCUT2D eigenvalue weighted by Crippen LogP contribution is -2.32. The van der Waals surface area contributed by atoms with E-state index in [4.69, 9.17) is 4.74 Å².